The zero-order valence-corrected chi connectivity index (χ0v) is 20.0. The highest BCUT2D eigenvalue weighted by Gasteiger charge is 2.52. The number of nitrogens with one attached hydrogen (secondary N) is 1. The lowest BCUT2D eigenvalue weighted by Crippen LogP contribution is -2.60. The summed E-state index contributed by atoms with van der Waals surface area (Å²) in [5, 5.41) is 1.66. The van der Waals surface area contributed by atoms with Gasteiger partial charge in [-0.2, -0.15) is 0 Å². The number of pyridine rings is 1. The zero-order chi connectivity index (χ0) is 23.7. The standard InChI is InChI=1S/C26H34N6O2/c1-19(2)31-17-22(24-23(18-31)26(34)32(28-24)21-9-4-3-5-10-21)25(33)30-14-12-29(13-15-30)16-20-8-6-7-11-27-20/h3-11,19,22-24,28H,12-18H2,1-2H3. The van der Waals surface area contributed by atoms with Crippen LogP contribution >= 0.6 is 0 Å². The number of aromatic nitrogens is 1. The summed E-state index contributed by atoms with van der Waals surface area (Å²) in [6.45, 7) is 9.52. The first-order valence-corrected chi connectivity index (χ1v) is 12.3. The van der Waals surface area contributed by atoms with Crippen LogP contribution in [0.25, 0.3) is 0 Å². The van der Waals surface area contributed by atoms with Crippen molar-refractivity contribution in [3.05, 3.63) is 60.4 Å². The molecular weight excluding hydrogens is 428 g/mol. The Morgan fingerprint density at radius 3 is 2.44 bits per heavy atom. The molecule has 3 unspecified atom stereocenters. The van der Waals surface area contributed by atoms with Gasteiger partial charge in [0.15, 0.2) is 0 Å². The fourth-order valence-electron chi connectivity index (χ4n) is 5.39. The number of piperidine rings is 1. The van der Waals surface area contributed by atoms with Crippen LogP contribution in [0.3, 0.4) is 0 Å². The number of hydrogen-bond donors (Lipinski definition) is 1. The maximum absolute atomic E-state index is 13.8. The van der Waals surface area contributed by atoms with Gasteiger partial charge in [0.1, 0.15) is 0 Å². The molecule has 0 bridgehead atoms. The van der Waals surface area contributed by atoms with E-state index >= 15 is 0 Å². The molecule has 2 aromatic rings. The molecule has 3 fully saturated rings. The Balaban J connectivity index is 1.28. The molecule has 8 nitrogen and oxygen atoms in total. The minimum Gasteiger partial charge on any atom is -0.340 e. The van der Waals surface area contributed by atoms with Crippen LogP contribution in [-0.2, 0) is 16.1 Å². The molecule has 3 atom stereocenters. The van der Waals surface area contributed by atoms with Crippen molar-refractivity contribution in [3.63, 3.8) is 0 Å². The molecule has 2 amide bonds. The molecule has 3 saturated heterocycles. The van der Waals surface area contributed by atoms with Gasteiger partial charge >= 0.3 is 0 Å². The quantitative estimate of drug-likeness (QED) is 0.728. The molecule has 8 heteroatoms. The normalized spacial score (nSPS) is 26.2. The van der Waals surface area contributed by atoms with Crippen molar-refractivity contribution in [1.82, 2.24) is 25.1 Å². The van der Waals surface area contributed by atoms with E-state index in [0.29, 0.717) is 26.2 Å². The van der Waals surface area contributed by atoms with Crippen LogP contribution in [0.4, 0.5) is 5.69 Å². The fraction of sp³-hybridized carbons (Fsp3) is 0.500. The van der Waals surface area contributed by atoms with Crippen molar-refractivity contribution in [3.8, 4) is 0 Å². The number of carbonyl (C=O) groups is 2. The van der Waals surface area contributed by atoms with E-state index in [4.69, 9.17) is 0 Å². The average Bonchev–Trinajstić information content (AvgIpc) is 3.21. The minimum absolute atomic E-state index is 0.0551. The monoisotopic (exact) mass is 462 g/mol. The Kier molecular flexibility index (Phi) is 6.63. The Labute approximate surface area is 201 Å². The van der Waals surface area contributed by atoms with Crippen molar-refractivity contribution in [2.45, 2.75) is 32.5 Å². The van der Waals surface area contributed by atoms with Gasteiger partial charge in [-0.25, -0.2) is 10.4 Å². The van der Waals surface area contributed by atoms with E-state index in [9.17, 15) is 9.59 Å². The predicted octanol–water partition coefficient (Wildman–Crippen LogP) is 1.60. The summed E-state index contributed by atoms with van der Waals surface area (Å²) in [5.74, 6) is -0.260. The third kappa shape index (κ3) is 4.58. The molecule has 34 heavy (non-hydrogen) atoms. The Bertz CT molecular complexity index is 993. The molecule has 1 N–H and O–H groups in total. The van der Waals surface area contributed by atoms with Gasteiger partial charge in [0.2, 0.25) is 11.8 Å². The molecular formula is C26H34N6O2. The number of piperazine rings is 1. The Morgan fingerprint density at radius 2 is 1.76 bits per heavy atom. The summed E-state index contributed by atoms with van der Waals surface area (Å²) in [4.78, 5) is 38.2. The summed E-state index contributed by atoms with van der Waals surface area (Å²) < 4.78 is 0. The van der Waals surface area contributed by atoms with Crippen LogP contribution in [0.1, 0.15) is 19.5 Å². The first-order valence-electron chi connectivity index (χ1n) is 12.3. The molecule has 1 aromatic carbocycles. The second kappa shape index (κ2) is 9.82. The van der Waals surface area contributed by atoms with Crippen LogP contribution in [-0.4, -0.2) is 82.9 Å². The highest BCUT2D eigenvalue weighted by molar-refractivity contribution is 5.98. The summed E-state index contributed by atoms with van der Waals surface area (Å²) in [6.07, 6.45) is 1.82. The van der Waals surface area contributed by atoms with Gasteiger partial charge in [-0.15, -0.1) is 0 Å². The smallest absolute Gasteiger partial charge is 0.247 e. The van der Waals surface area contributed by atoms with Crippen LogP contribution in [0.2, 0.25) is 0 Å². The minimum atomic E-state index is -0.249. The van der Waals surface area contributed by atoms with Crippen LogP contribution in [0.15, 0.2) is 54.7 Å². The van der Waals surface area contributed by atoms with Crippen LogP contribution in [0, 0.1) is 11.8 Å². The lowest BCUT2D eigenvalue weighted by Gasteiger charge is -2.43. The number of anilines is 1. The van der Waals surface area contributed by atoms with Crippen molar-refractivity contribution in [2.75, 3.05) is 44.3 Å². The third-order valence-corrected chi connectivity index (χ3v) is 7.40. The SMILES string of the molecule is CC(C)N1CC(C(=O)N2CCN(Cc3ccccn3)CC2)C2NN(c3ccccc3)C(=O)C2C1. The van der Waals surface area contributed by atoms with Gasteiger partial charge in [-0.1, -0.05) is 24.3 Å². The molecule has 5 rings (SSSR count). The van der Waals surface area contributed by atoms with Crippen molar-refractivity contribution >= 4 is 17.5 Å². The number of carbonyl (C=O) groups excluding carboxylic acids is 2. The van der Waals surface area contributed by atoms with Gasteiger partial charge in [0.25, 0.3) is 0 Å². The summed E-state index contributed by atoms with van der Waals surface area (Å²) in [5.41, 5.74) is 5.30. The molecule has 0 saturated carbocycles. The molecule has 0 spiro atoms. The van der Waals surface area contributed by atoms with E-state index in [1.807, 2.05) is 59.6 Å². The highest BCUT2D eigenvalue weighted by atomic mass is 16.2. The van der Waals surface area contributed by atoms with Crippen LogP contribution in [0.5, 0.6) is 0 Å². The van der Waals surface area contributed by atoms with Crippen molar-refractivity contribution < 1.29 is 9.59 Å². The average molecular weight is 463 g/mol. The van der Waals surface area contributed by atoms with E-state index in [1.165, 1.54) is 0 Å². The molecule has 3 aliphatic rings. The number of benzene rings is 1. The predicted molar refractivity (Wildman–Crippen MR) is 131 cm³/mol. The second-order valence-corrected chi connectivity index (χ2v) is 9.85. The zero-order valence-electron chi connectivity index (χ0n) is 20.0. The first-order chi connectivity index (χ1) is 16.5. The van der Waals surface area contributed by atoms with E-state index in [1.54, 1.807) is 5.01 Å². The van der Waals surface area contributed by atoms with Crippen molar-refractivity contribution in [1.29, 1.82) is 0 Å². The molecule has 180 valence electrons. The highest BCUT2D eigenvalue weighted by Crippen LogP contribution is 2.33. The molecule has 3 aliphatic heterocycles. The maximum Gasteiger partial charge on any atom is 0.247 e. The maximum atomic E-state index is 13.8. The Hall–Kier alpha value is -2.81. The van der Waals surface area contributed by atoms with E-state index < -0.39 is 0 Å². The second-order valence-electron chi connectivity index (χ2n) is 9.85. The number of hydrazine groups is 1. The third-order valence-electron chi connectivity index (χ3n) is 7.40. The van der Waals surface area contributed by atoms with Gasteiger partial charge in [0.05, 0.1) is 29.3 Å². The van der Waals surface area contributed by atoms with E-state index in [-0.39, 0.29) is 35.7 Å². The lowest BCUT2D eigenvalue weighted by molar-refractivity contribution is -0.141. The topological polar surface area (TPSA) is 72.0 Å². The largest absolute Gasteiger partial charge is 0.340 e. The fourth-order valence-corrected chi connectivity index (χ4v) is 5.39. The number of likely N-dealkylation sites (tertiary alicyclic amines) is 1. The van der Waals surface area contributed by atoms with Gasteiger partial charge < -0.3 is 4.90 Å². The number of rotatable bonds is 5. The van der Waals surface area contributed by atoms with Gasteiger partial charge in [-0.05, 0) is 38.1 Å². The molecule has 0 aliphatic carbocycles. The van der Waals surface area contributed by atoms with E-state index in [0.717, 1.165) is 31.0 Å². The van der Waals surface area contributed by atoms with E-state index in [2.05, 4.69) is 34.1 Å². The molecule has 1 aromatic heterocycles. The molecule has 4 heterocycles. The summed E-state index contributed by atoms with van der Waals surface area (Å²) in [6, 6.07) is 15.8. The number of amides is 2. The number of para-hydroxylation sites is 1. The molecule has 0 radical (unpaired) electrons. The summed E-state index contributed by atoms with van der Waals surface area (Å²) in [7, 11) is 0. The number of fused-ring (bicyclic) bond motifs is 1. The lowest BCUT2D eigenvalue weighted by atomic mass is 9.83. The Morgan fingerprint density at radius 1 is 1.03 bits per heavy atom. The first kappa shape index (κ1) is 23.0. The van der Waals surface area contributed by atoms with Gasteiger partial charge in [0, 0.05) is 58.1 Å². The summed E-state index contributed by atoms with van der Waals surface area (Å²) >= 11 is 0. The van der Waals surface area contributed by atoms with Crippen LogP contribution < -0.4 is 10.4 Å². The van der Waals surface area contributed by atoms with Crippen molar-refractivity contribution in [2.24, 2.45) is 11.8 Å². The number of nitrogens with zero attached hydrogens (tertiary/aromatic N) is 5. The number of hydrogen-bond acceptors (Lipinski definition) is 6. The van der Waals surface area contributed by atoms with Gasteiger partial charge in [-0.3, -0.25) is 24.4 Å².